The summed E-state index contributed by atoms with van der Waals surface area (Å²) in [5.74, 6) is 0.631. The summed E-state index contributed by atoms with van der Waals surface area (Å²) < 4.78 is 16.3. The molecule has 2 N–H and O–H groups in total. The Labute approximate surface area is 143 Å². The van der Waals surface area contributed by atoms with Gasteiger partial charge in [-0.25, -0.2) is 0 Å². The minimum atomic E-state index is -1.02. The molecule has 1 unspecified atom stereocenters. The van der Waals surface area contributed by atoms with E-state index >= 15 is 0 Å². The normalized spacial score (nSPS) is 17.7. The summed E-state index contributed by atoms with van der Waals surface area (Å²) >= 11 is 0. The zero-order valence-corrected chi connectivity index (χ0v) is 14.5. The highest BCUT2D eigenvalue weighted by Crippen LogP contribution is 2.17. The van der Waals surface area contributed by atoms with Gasteiger partial charge in [0.1, 0.15) is 11.9 Å². The van der Waals surface area contributed by atoms with Crippen molar-refractivity contribution in [2.75, 3.05) is 20.3 Å². The third-order valence-electron chi connectivity index (χ3n) is 3.92. The Morgan fingerprint density at radius 3 is 2.46 bits per heavy atom. The predicted molar refractivity (Wildman–Crippen MR) is 89.8 cm³/mol. The second-order valence-corrected chi connectivity index (χ2v) is 6.42. The lowest BCUT2D eigenvalue weighted by molar-refractivity contribution is -0.135. The van der Waals surface area contributed by atoms with E-state index in [4.69, 9.17) is 14.2 Å². The molecule has 0 bridgehead atoms. The van der Waals surface area contributed by atoms with E-state index in [1.165, 1.54) is 0 Å². The summed E-state index contributed by atoms with van der Waals surface area (Å²) in [7, 11) is 1.62. The number of carbonyl (C=O) groups excluding carboxylic acids is 1. The zero-order chi connectivity index (χ0) is 17.5. The molecule has 2 rings (SSSR count). The predicted octanol–water partition coefficient (Wildman–Crippen LogP) is 1.50. The Hall–Kier alpha value is -1.63. The van der Waals surface area contributed by atoms with Crippen LogP contribution in [0.1, 0.15) is 25.8 Å². The van der Waals surface area contributed by atoms with Crippen molar-refractivity contribution in [3.63, 3.8) is 0 Å². The van der Waals surface area contributed by atoms with Crippen LogP contribution in [0, 0.1) is 5.92 Å². The van der Waals surface area contributed by atoms with E-state index in [2.05, 4.69) is 5.32 Å². The minimum Gasteiger partial charge on any atom is -0.497 e. The molecule has 134 valence electrons. The Morgan fingerprint density at radius 1 is 1.29 bits per heavy atom. The Kier molecular flexibility index (Phi) is 7.02. The van der Waals surface area contributed by atoms with Crippen LogP contribution in [0.5, 0.6) is 5.75 Å². The minimum absolute atomic E-state index is 0.241. The number of benzene rings is 1. The molecule has 1 aromatic carbocycles. The van der Waals surface area contributed by atoms with E-state index in [1.54, 1.807) is 7.11 Å². The smallest absolute Gasteiger partial charge is 0.249 e. The summed E-state index contributed by atoms with van der Waals surface area (Å²) in [6.07, 6.45) is -0.547. The summed E-state index contributed by atoms with van der Waals surface area (Å²) in [5.41, 5.74) is 1.03. The molecule has 1 aromatic rings. The average molecular weight is 337 g/mol. The highest BCUT2D eigenvalue weighted by molar-refractivity contribution is 5.80. The second kappa shape index (κ2) is 9.01. The maximum absolute atomic E-state index is 12.2. The zero-order valence-electron chi connectivity index (χ0n) is 14.5. The first-order chi connectivity index (χ1) is 11.5. The van der Waals surface area contributed by atoms with Crippen LogP contribution in [0.25, 0.3) is 0 Å². The Balaban J connectivity index is 2.02. The quantitative estimate of drug-likeness (QED) is 0.752. The van der Waals surface area contributed by atoms with Crippen molar-refractivity contribution in [3.05, 3.63) is 29.8 Å². The van der Waals surface area contributed by atoms with Crippen LogP contribution in [0.15, 0.2) is 24.3 Å². The number of amides is 1. The van der Waals surface area contributed by atoms with Crippen molar-refractivity contribution < 1.29 is 24.1 Å². The van der Waals surface area contributed by atoms with Gasteiger partial charge in [-0.2, -0.15) is 0 Å². The SMILES string of the molecule is COc1ccc(C[C@H](NC(=O)C(O)CC(C)C)C2OCCO2)cc1. The van der Waals surface area contributed by atoms with E-state index in [0.717, 1.165) is 11.3 Å². The van der Waals surface area contributed by atoms with Gasteiger partial charge in [0.15, 0.2) is 6.29 Å². The van der Waals surface area contributed by atoms with E-state index in [-0.39, 0.29) is 17.9 Å². The first kappa shape index (κ1) is 18.7. The van der Waals surface area contributed by atoms with Crippen LogP contribution in [0.3, 0.4) is 0 Å². The van der Waals surface area contributed by atoms with Crippen molar-refractivity contribution in [3.8, 4) is 5.75 Å². The number of methoxy groups -OCH3 is 1. The molecule has 0 spiro atoms. The molecule has 1 fully saturated rings. The van der Waals surface area contributed by atoms with Crippen molar-refractivity contribution >= 4 is 5.91 Å². The van der Waals surface area contributed by atoms with Gasteiger partial charge >= 0.3 is 0 Å². The molecular formula is C18H27NO5. The fourth-order valence-corrected chi connectivity index (χ4v) is 2.67. The topological polar surface area (TPSA) is 77.0 Å². The second-order valence-electron chi connectivity index (χ2n) is 6.42. The maximum Gasteiger partial charge on any atom is 0.249 e. The maximum atomic E-state index is 12.2. The molecule has 0 radical (unpaired) electrons. The highest BCUT2D eigenvalue weighted by Gasteiger charge is 2.30. The third-order valence-corrected chi connectivity index (χ3v) is 3.92. The molecule has 0 aromatic heterocycles. The molecular weight excluding hydrogens is 310 g/mol. The van der Waals surface area contributed by atoms with Gasteiger partial charge in [-0.3, -0.25) is 4.79 Å². The monoisotopic (exact) mass is 337 g/mol. The molecule has 0 aliphatic carbocycles. The molecule has 6 nitrogen and oxygen atoms in total. The summed E-state index contributed by atoms with van der Waals surface area (Å²) in [6, 6.07) is 7.28. The van der Waals surface area contributed by atoms with Crippen LogP contribution in [-0.2, 0) is 20.7 Å². The molecule has 1 saturated heterocycles. The molecule has 2 atom stereocenters. The molecule has 1 amide bonds. The first-order valence-electron chi connectivity index (χ1n) is 8.34. The number of carbonyl (C=O) groups is 1. The van der Waals surface area contributed by atoms with E-state index < -0.39 is 12.4 Å². The number of aliphatic hydroxyl groups is 1. The lowest BCUT2D eigenvalue weighted by Crippen LogP contribution is -2.49. The fourth-order valence-electron chi connectivity index (χ4n) is 2.67. The summed E-state index contributed by atoms with van der Waals surface area (Å²) in [5, 5.41) is 12.9. The molecule has 6 heteroatoms. The van der Waals surface area contributed by atoms with E-state index in [1.807, 2.05) is 38.1 Å². The molecule has 1 aliphatic heterocycles. The van der Waals surface area contributed by atoms with Gasteiger partial charge in [-0.15, -0.1) is 0 Å². The Bertz CT molecular complexity index is 511. The summed E-state index contributed by atoms with van der Waals surface area (Å²) in [4.78, 5) is 12.2. The largest absolute Gasteiger partial charge is 0.497 e. The van der Waals surface area contributed by atoms with Gasteiger partial charge in [0.05, 0.1) is 26.4 Å². The molecule has 24 heavy (non-hydrogen) atoms. The van der Waals surface area contributed by atoms with Gasteiger partial charge < -0.3 is 24.6 Å². The fraction of sp³-hybridized carbons (Fsp3) is 0.611. The Morgan fingerprint density at radius 2 is 1.92 bits per heavy atom. The van der Waals surface area contributed by atoms with Gasteiger partial charge in [0.25, 0.3) is 0 Å². The van der Waals surface area contributed by atoms with Crippen molar-refractivity contribution in [2.24, 2.45) is 5.92 Å². The van der Waals surface area contributed by atoms with Crippen LogP contribution in [0.2, 0.25) is 0 Å². The van der Waals surface area contributed by atoms with Gasteiger partial charge in [-0.1, -0.05) is 26.0 Å². The number of aliphatic hydroxyl groups excluding tert-OH is 1. The standard InChI is InChI=1S/C18H27NO5/c1-12(2)10-16(20)17(21)19-15(18-23-8-9-24-18)11-13-4-6-14(22-3)7-5-13/h4-7,12,15-16,18,20H,8-11H2,1-3H3,(H,19,21)/t15-,16?/m0/s1. The van der Waals surface area contributed by atoms with Crippen LogP contribution in [0.4, 0.5) is 0 Å². The van der Waals surface area contributed by atoms with Gasteiger partial charge in [-0.05, 0) is 36.5 Å². The third kappa shape index (κ3) is 5.47. The number of ether oxygens (including phenoxy) is 3. The number of hydrogen-bond donors (Lipinski definition) is 2. The van der Waals surface area contributed by atoms with Crippen molar-refractivity contribution in [1.29, 1.82) is 0 Å². The highest BCUT2D eigenvalue weighted by atomic mass is 16.7. The van der Waals surface area contributed by atoms with Crippen molar-refractivity contribution in [2.45, 2.75) is 45.1 Å². The van der Waals surface area contributed by atoms with Crippen LogP contribution < -0.4 is 10.1 Å². The average Bonchev–Trinajstić information content (AvgIpc) is 3.08. The summed E-state index contributed by atoms with van der Waals surface area (Å²) in [6.45, 7) is 4.95. The van der Waals surface area contributed by atoms with Gasteiger partial charge in [0, 0.05) is 0 Å². The molecule has 1 aliphatic rings. The van der Waals surface area contributed by atoms with Crippen LogP contribution >= 0.6 is 0 Å². The lowest BCUT2D eigenvalue weighted by Gasteiger charge is -2.25. The number of rotatable bonds is 8. The molecule has 0 saturated carbocycles. The van der Waals surface area contributed by atoms with E-state index in [0.29, 0.717) is 26.1 Å². The van der Waals surface area contributed by atoms with Crippen molar-refractivity contribution in [1.82, 2.24) is 5.32 Å². The number of nitrogens with one attached hydrogen (secondary N) is 1. The molecule has 1 heterocycles. The van der Waals surface area contributed by atoms with E-state index in [9.17, 15) is 9.90 Å². The first-order valence-corrected chi connectivity index (χ1v) is 8.34. The van der Waals surface area contributed by atoms with Crippen LogP contribution in [-0.4, -0.2) is 49.8 Å². The number of hydrogen-bond acceptors (Lipinski definition) is 5. The van der Waals surface area contributed by atoms with Gasteiger partial charge in [0.2, 0.25) is 5.91 Å². The lowest BCUT2D eigenvalue weighted by atomic mass is 10.0.